The maximum absolute atomic E-state index is 13.4. The second-order valence-electron chi connectivity index (χ2n) is 4.14. The van der Waals surface area contributed by atoms with E-state index in [1.807, 2.05) is 30.9 Å². The molecule has 0 aliphatic carbocycles. The van der Waals surface area contributed by atoms with E-state index in [0.29, 0.717) is 11.0 Å². The number of aryl methyl sites for hydroxylation is 2. The van der Waals surface area contributed by atoms with E-state index >= 15 is 0 Å². The van der Waals surface area contributed by atoms with Gasteiger partial charge in [-0.05, 0) is 47.5 Å². The zero-order valence-electron chi connectivity index (χ0n) is 10.4. The van der Waals surface area contributed by atoms with Crippen LogP contribution in [0.25, 0.3) is 0 Å². The SMILES string of the molecule is CCn1cc(CNc2cc(F)c(Br)cc2C)cn1. The lowest BCUT2D eigenvalue weighted by Crippen LogP contribution is -2.01. The number of nitrogens with zero attached hydrogens (tertiary/aromatic N) is 2. The van der Waals surface area contributed by atoms with Gasteiger partial charge in [0.25, 0.3) is 0 Å². The van der Waals surface area contributed by atoms with Gasteiger partial charge in [-0.25, -0.2) is 4.39 Å². The van der Waals surface area contributed by atoms with Crippen molar-refractivity contribution in [2.24, 2.45) is 0 Å². The summed E-state index contributed by atoms with van der Waals surface area (Å²) in [4.78, 5) is 0. The predicted octanol–water partition coefficient (Wildman–Crippen LogP) is 3.73. The van der Waals surface area contributed by atoms with E-state index in [1.54, 1.807) is 6.07 Å². The fraction of sp³-hybridized carbons (Fsp3) is 0.308. The van der Waals surface area contributed by atoms with E-state index in [0.717, 1.165) is 23.4 Å². The fourth-order valence-electron chi connectivity index (χ4n) is 1.70. The van der Waals surface area contributed by atoms with Crippen molar-refractivity contribution in [2.45, 2.75) is 26.9 Å². The molecule has 0 saturated heterocycles. The molecule has 1 N–H and O–H groups in total. The van der Waals surface area contributed by atoms with Gasteiger partial charge in [-0.2, -0.15) is 5.10 Å². The molecular formula is C13H15BrFN3. The molecule has 0 spiro atoms. The number of aromatic nitrogens is 2. The van der Waals surface area contributed by atoms with E-state index in [-0.39, 0.29) is 5.82 Å². The Labute approximate surface area is 114 Å². The van der Waals surface area contributed by atoms with E-state index in [4.69, 9.17) is 0 Å². The Morgan fingerprint density at radius 1 is 1.44 bits per heavy atom. The van der Waals surface area contributed by atoms with Gasteiger partial charge >= 0.3 is 0 Å². The zero-order chi connectivity index (χ0) is 13.1. The molecule has 2 aromatic rings. The average molecular weight is 312 g/mol. The monoisotopic (exact) mass is 311 g/mol. The Kier molecular flexibility index (Phi) is 4.01. The van der Waals surface area contributed by atoms with E-state index < -0.39 is 0 Å². The number of anilines is 1. The smallest absolute Gasteiger partial charge is 0.139 e. The van der Waals surface area contributed by atoms with Crippen molar-refractivity contribution in [3.05, 3.63) is 45.9 Å². The summed E-state index contributed by atoms with van der Waals surface area (Å²) >= 11 is 3.17. The van der Waals surface area contributed by atoms with Crippen molar-refractivity contribution in [3.8, 4) is 0 Å². The topological polar surface area (TPSA) is 29.9 Å². The molecule has 1 aromatic carbocycles. The largest absolute Gasteiger partial charge is 0.381 e. The Morgan fingerprint density at radius 3 is 2.89 bits per heavy atom. The van der Waals surface area contributed by atoms with Crippen LogP contribution in [0.4, 0.5) is 10.1 Å². The van der Waals surface area contributed by atoms with Crippen LogP contribution in [-0.4, -0.2) is 9.78 Å². The molecule has 0 fully saturated rings. The third kappa shape index (κ3) is 2.90. The molecule has 1 aromatic heterocycles. The van der Waals surface area contributed by atoms with Crippen LogP contribution < -0.4 is 5.32 Å². The number of halogens is 2. The second kappa shape index (κ2) is 5.52. The van der Waals surface area contributed by atoms with E-state index in [1.165, 1.54) is 6.07 Å². The number of rotatable bonds is 4. The van der Waals surface area contributed by atoms with Crippen LogP contribution >= 0.6 is 15.9 Å². The van der Waals surface area contributed by atoms with Gasteiger partial charge in [0.1, 0.15) is 5.82 Å². The minimum absolute atomic E-state index is 0.257. The average Bonchev–Trinajstić information content (AvgIpc) is 2.80. The van der Waals surface area contributed by atoms with Gasteiger partial charge in [-0.3, -0.25) is 4.68 Å². The Balaban J connectivity index is 2.08. The van der Waals surface area contributed by atoms with Crippen LogP contribution in [-0.2, 0) is 13.1 Å². The molecule has 0 unspecified atom stereocenters. The molecule has 0 aliphatic heterocycles. The molecular weight excluding hydrogens is 297 g/mol. The Bertz CT molecular complexity index is 551. The van der Waals surface area contributed by atoms with Crippen LogP contribution in [0.2, 0.25) is 0 Å². The van der Waals surface area contributed by atoms with Crippen molar-refractivity contribution in [3.63, 3.8) is 0 Å². The van der Waals surface area contributed by atoms with Crippen molar-refractivity contribution in [1.82, 2.24) is 9.78 Å². The highest BCUT2D eigenvalue weighted by Crippen LogP contribution is 2.24. The van der Waals surface area contributed by atoms with Crippen molar-refractivity contribution >= 4 is 21.6 Å². The highest BCUT2D eigenvalue weighted by atomic mass is 79.9. The first-order valence-electron chi connectivity index (χ1n) is 5.81. The van der Waals surface area contributed by atoms with Crippen LogP contribution in [0.3, 0.4) is 0 Å². The van der Waals surface area contributed by atoms with Crippen LogP contribution in [0.1, 0.15) is 18.1 Å². The maximum atomic E-state index is 13.4. The molecule has 2 rings (SSSR count). The lowest BCUT2D eigenvalue weighted by Gasteiger charge is -2.09. The number of benzene rings is 1. The third-order valence-corrected chi connectivity index (χ3v) is 3.37. The predicted molar refractivity (Wildman–Crippen MR) is 74.1 cm³/mol. The summed E-state index contributed by atoms with van der Waals surface area (Å²) < 4.78 is 15.8. The summed E-state index contributed by atoms with van der Waals surface area (Å²) in [5.41, 5.74) is 2.89. The normalized spacial score (nSPS) is 10.7. The first kappa shape index (κ1) is 13.1. The van der Waals surface area contributed by atoms with Gasteiger partial charge in [0.2, 0.25) is 0 Å². The van der Waals surface area contributed by atoms with Crippen LogP contribution in [0.15, 0.2) is 29.0 Å². The molecule has 18 heavy (non-hydrogen) atoms. The standard InChI is InChI=1S/C13H15BrFN3/c1-3-18-8-10(7-17-18)6-16-13-5-12(15)11(14)4-9(13)2/h4-5,7-8,16H,3,6H2,1-2H3. The van der Waals surface area contributed by atoms with E-state index in [2.05, 4.69) is 26.3 Å². The van der Waals surface area contributed by atoms with Crippen LogP contribution in [0.5, 0.6) is 0 Å². The third-order valence-electron chi connectivity index (χ3n) is 2.76. The summed E-state index contributed by atoms with van der Waals surface area (Å²) in [6.07, 6.45) is 3.80. The first-order chi connectivity index (χ1) is 8.60. The Hall–Kier alpha value is -1.36. The highest BCUT2D eigenvalue weighted by Gasteiger charge is 2.05. The molecule has 96 valence electrons. The number of nitrogens with one attached hydrogen (secondary N) is 1. The summed E-state index contributed by atoms with van der Waals surface area (Å²) in [6, 6.07) is 3.27. The highest BCUT2D eigenvalue weighted by molar-refractivity contribution is 9.10. The molecule has 0 atom stereocenters. The van der Waals surface area contributed by atoms with Crippen molar-refractivity contribution < 1.29 is 4.39 Å². The molecule has 1 heterocycles. The van der Waals surface area contributed by atoms with E-state index in [9.17, 15) is 4.39 Å². The van der Waals surface area contributed by atoms with Gasteiger partial charge < -0.3 is 5.32 Å². The Morgan fingerprint density at radius 2 is 2.22 bits per heavy atom. The molecule has 3 nitrogen and oxygen atoms in total. The van der Waals surface area contributed by atoms with Gasteiger partial charge in [0, 0.05) is 30.5 Å². The lowest BCUT2D eigenvalue weighted by atomic mass is 10.2. The number of hydrogen-bond acceptors (Lipinski definition) is 2. The summed E-state index contributed by atoms with van der Waals surface area (Å²) in [5.74, 6) is -0.257. The second-order valence-corrected chi connectivity index (χ2v) is 4.99. The molecule has 0 aliphatic rings. The molecule has 0 radical (unpaired) electrons. The van der Waals surface area contributed by atoms with Crippen molar-refractivity contribution in [2.75, 3.05) is 5.32 Å². The molecule has 5 heteroatoms. The maximum Gasteiger partial charge on any atom is 0.139 e. The van der Waals surface area contributed by atoms with Crippen molar-refractivity contribution in [1.29, 1.82) is 0 Å². The van der Waals surface area contributed by atoms with Gasteiger partial charge in [0.05, 0.1) is 10.7 Å². The minimum atomic E-state index is -0.257. The number of hydrogen-bond donors (Lipinski definition) is 1. The summed E-state index contributed by atoms with van der Waals surface area (Å²) in [7, 11) is 0. The van der Waals surface area contributed by atoms with Gasteiger partial charge in [-0.15, -0.1) is 0 Å². The molecule has 0 bridgehead atoms. The quantitative estimate of drug-likeness (QED) is 0.932. The van der Waals surface area contributed by atoms with Crippen LogP contribution in [0, 0.1) is 12.7 Å². The zero-order valence-corrected chi connectivity index (χ0v) is 12.0. The van der Waals surface area contributed by atoms with Gasteiger partial charge in [0.15, 0.2) is 0 Å². The fourth-order valence-corrected chi connectivity index (χ4v) is 2.16. The minimum Gasteiger partial charge on any atom is -0.381 e. The first-order valence-corrected chi connectivity index (χ1v) is 6.60. The molecule has 0 amide bonds. The summed E-state index contributed by atoms with van der Waals surface area (Å²) in [5, 5.41) is 7.42. The summed E-state index contributed by atoms with van der Waals surface area (Å²) in [6.45, 7) is 5.48. The molecule has 0 saturated carbocycles. The van der Waals surface area contributed by atoms with Gasteiger partial charge in [-0.1, -0.05) is 0 Å². The lowest BCUT2D eigenvalue weighted by molar-refractivity contribution is 0.621.